The molecule has 0 aromatic carbocycles. The van der Waals surface area contributed by atoms with Crippen LogP contribution in [0.2, 0.25) is 0 Å². The van der Waals surface area contributed by atoms with E-state index in [2.05, 4.69) is 32.1 Å². The topological polar surface area (TPSA) is 36.3 Å². The van der Waals surface area contributed by atoms with Crippen molar-refractivity contribution in [3.8, 4) is 0 Å². The van der Waals surface area contributed by atoms with Crippen molar-refractivity contribution >= 4 is 0 Å². The van der Waals surface area contributed by atoms with Crippen LogP contribution in [0, 0.1) is 0 Å². The molecule has 3 aliphatic rings. The normalized spacial score (nSPS) is 26.3. The minimum absolute atomic E-state index is 0.670. The van der Waals surface area contributed by atoms with Crippen molar-refractivity contribution in [2.75, 3.05) is 39.3 Å². The van der Waals surface area contributed by atoms with Crippen LogP contribution < -0.4 is 5.32 Å². The highest BCUT2D eigenvalue weighted by atomic mass is 15.3. The number of hydrogen-bond donors (Lipinski definition) is 1. The molecule has 3 fully saturated rings. The van der Waals surface area contributed by atoms with E-state index in [1.54, 1.807) is 0 Å². The highest BCUT2D eigenvalue weighted by molar-refractivity contribution is 5.02. The average Bonchev–Trinajstić information content (AvgIpc) is 3.14. The first-order valence-corrected chi connectivity index (χ1v) is 8.60. The molecule has 4 rings (SSSR count). The van der Waals surface area contributed by atoms with Crippen LogP contribution in [-0.2, 0) is 6.54 Å². The predicted molar refractivity (Wildman–Crippen MR) is 83.2 cm³/mol. The van der Waals surface area contributed by atoms with Gasteiger partial charge in [0.2, 0.25) is 0 Å². The fraction of sp³-hybridized carbons (Fsp3) is 0.812. The van der Waals surface area contributed by atoms with E-state index in [1.807, 2.05) is 0 Å². The van der Waals surface area contributed by atoms with Gasteiger partial charge in [-0.15, -0.1) is 0 Å². The van der Waals surface area contributed by atoms with Crippen molar-refractivity contribution in [3.05, 3.63) is 18.0 Å². The third-order valence-electron chi connectivity index (χ3n) is 5.35. The lowest BCUT2D eigenvalue weighted by molar-refractivity contribution is 0.0214. The molecular weight excluding hydrogens is 262 g/mol. The van der Waals surface area contributed by atoms with Gasteiger partial charge in [-0.05, 0) is 18.9 Å². The zero-order valence-electron chi connectivity index (χ0n) is 12.9. The van der Waals surface area contributed by atoms with Crippen LogP contribution in [0.5, 0.6) is 0 Å². The molecule has 0 unspecified atom stereocenters. The zero-order valence-corrected chi connectivity index (χ0v) is 12.9. The van der Waals surface area contributed by atoms with Crippen molar-refractivity contribution in [2.45, 2.75) is 44.3 Å². The molecule has 2 aliphatic heterocycles. The van der Waals surface area contributed by atoms with E-state index in [-0.39, 0.29) is 0 Å². The first kappa shape index (κ1) is 13.7. The number of nitrogens with one attached hydrogen (secondary N) is 1. The monoisotopic (exact) mass is 289 g/mol. The summed E-state index contributed by atoms with van der Waals surface area (Å²) in [5.74, 6) is 0. The van der Waals surface area contributed by atoms with E-state index >= 15 is 0 Å². The molecule has 1 aliphatic carbocycles. The Morgan fingerprint density at radius 1 is 1.10 bits per heavy atom. The van der Waals surface area contributed by atoms with Gasteiger partial charge in [0, 0.05) is 58.1 Å². The third kappa shape index (κ3) is 3.00. The first-order valence-electron chi connectivity index (χ1n) is 8.60. The second-order valence-electron chi connectivity index (χ2n) is 6.86. The van der Waals surface area contributed by atoms with Crippen molar-refractivity contribution in [2.24, 2.45) is 0 Å². The Hall–Kier alpha value is -0.910. The molecule has 5 heteroatoms. The molecule has 3 heterocycles. The molecule has 0 bridgehead atoms. The highest BCUT2D eigenvalue weighted by Crippen LogP contribution is 2.29. The fourth-order valence-corrected chi connectivity index (χ4v) is 4.01. The summed E-state index contributed by atoms with van der Waals surface area (Å²) < 4.78 is 2.22. The quantitative estimate of drug-likeness (QED) is 0.900. The molecule has 1 saturated carbocycles. The van der Waals surface area contributed by atoms with E-state index in [0.717, 1.165) is 25.7 Å². The standard InChI is InChI=1S/C16H27N5/c1-2-4-15(3-1)21-8-5-14(18-21)11-19-12-16(13-19)20-9-6-17-7-10-20/h5,8,15-17H,1-4,6-7,9-13H2. The van der Waals surface area contributed by atoms with Gasteiger partial charge in [-0.2, -0.15) is 5.10 Å². The van der Waals surface area contributed by atoms with E-state index in [4.69, 9.17) is 5.10 Å². The number of rotatable bonds is 4. The summed E-state index contributed by atoms with van der Waals surface area (Å²) >= 11 is 0. The molecule has 21 heavy (non-hydrogen) atoms. The Morgan fingerprint density at radius 3 is 2.62 bits per heavy atom. The van der Waals surface area contributed by atoms with Gasteiger partial charge in [0.1, 0.15) is 0 Å². The van der Waals surface area contributed by atoms with E-state index in [1.165, 1.54) is 57.6 Å². The van der Waals surface area contributed by atoms with Crippen LogP contribution >= 0.6 is 0 Å². The van der Waals surface area contributed by atoms with Crippen molar-refractivity contribution < 1.29 is 0 Å². The summed E-state index contributed by atoms with van der Waals surface area (Å²) in [6.07, 6.45) is 7.57. The molecule has 0 radical (unpaired) electrons. The van der Waals surface area contributed by atoms with Crippen molar-refractivity contribution in [1.82, 2.24) is 24.9 Å². The van der Waals surface area contributed by atoms with Gasteiger partial charge < -0.3 is 5.32 Å². The summed E-state index contributed by atoms with van der Waals surface area (Å²) in [7, 11) is 0. The Morgan fingerprint density at radius 2 is 1.86 bits per heavy atom. The maximum absolute atomic E-state index is 4.80. The molecule has 0 spiro atoms. The van der Waals surface area contributed by atoms with Gasteiger partial charge >= 0.3 is 0 Å². The van der Waals surface area contributed by atoms with Gasteiger partial charge in [0.15, 0.2) is 0 Å². The molecule has 1 aromatic heterocycles. The molecule has 5 nitrogen and oxygen atoms in total. The fourth-order valence-electron chi connectivity index (χ4n) is 4.01. The molecular formula is C16H27N5. The summed E-state index contributed by atoms with van der Waals surface area (Å²) in [5, 5.41) is 8.23. The lowest BCUT2D eigenvalue weighted by atomic mass is 10.1. The Kier molecular flexibility index (Phi) is 3.97. The van der Waals surface area contributed by atoms with Crippen LogP contribution in [0.3, 0.4) is 0 Å². The second-order valence-corrected chi connectivity index (χ2v) is 6.86. The maximum Gasteiger partial charge on any atom is 0.0764 e. The summed E-state index contributed by atoms with van der Waals surface area (Å²) in [6, 6.07) is 3.67. The number of likely N-dealkylation sites (tertiary alicyclic amines) is 1. The van der Waals surface area contributed by atoms with E-state index < -0.39 is 0 Å². The summed E-state index contributed by atoms with van der Waals surface area (Å²) in [6.45, 7) is 8.21. The number of piperazine rings is 1. The van der Waals surface area contributed by atoms with Crippen LogP contribution in [0.1, 0.15) is 37.4 Å². The molecule has 0 atom stereocenters. The zero-order chi connectivity index (χ0) is 14.1. The van der Waals surface area contributed by atoms with Crippen LogP contribution in [0.25, 0.3) is 0 Å². The summed E-state index contributed by atoms with van der Waals surface area (Å²) in [4.78, 5) is 5.18. The molecule has 1 N–H and O–H groups in total. The minimum atomic E-state index is 0.670. The van der Waals surface area contributed by atoms with Crippen LogP contribution in [-0.4, -0.2) is 64.9 Å². The largest absolute Gasteiger partial charge is 0.314 e. The lowest BCUT2D eigenvalue weighted by Crippen LogP contribution is -2.62. The highest BCUT2D eigenvalue weighted by Gasteiger charge is 2.32. The predicted octanol–water partition coefficient (Wildman–Crippen LogP) is 1.09. The Bertz CT molecular complexity index is 453. The third-order valence-corrected chi connectivity index (χ3v) is 5.35. The average molecular weight is 289 g/mol. The van der Waals surface area contributed by atoms with Gasteiger partial charge in [-0.3, -0.25) is 14.5 Å². The number of hydrogen-bond acceptors (Lipinski definition) is 4. The number of aromatic nitrogens is 2. The van der Waals surface area contributed by atoms with Crippen molar-refractivity contribution in [3.63, 3.8) is 0 Å². The SMILES string of the molecule is c1cn(C2CCCC2)nc1CN1CC(N2CCNCC2)C1. The molecule has 1 aromatic rings. The smallest absolute Gasteiger partial charge is 0.0764 e. The Labute approximate surface area is 127 Å². The second kappa shape index (κ2) is 6.07. The van der Waals surface area contributed by atoms with Crippen LogP contribution in [0.15, 0.2) is 12.3 Å². The first-order chi connectivity index (χ1) is 10.4. The maximum atomic E-state index is 4.80. The molecule has 116 valence electrons. The van der Waals surface area contributed by atoms with Gasteiger partial charge in [-0.25, -0.2) is 0 Å². The minimum Gasteiger partial charge on any atom is -0.314 e. The van der Waals surface area contributed by atoms with Crippen LogP contribution in [0.4, 0.5) is 0 Å². The lowest BCUT2D eigenvalue weighted by Gasteiger charge is -2.46. The van der Waals surface area contributed by atoms with E-state index in [0.29, 0.717) is 6.04 Å². The van der Waals surface area contributed by atoms with Gasteiger partial charge in [-0.1, -0.05) is 12.8 Å². The molecule has 2 saturated heterocycles. The number of nitrogens with zero attached hydrogens (tertiary/aromatic N) is 4. The van der Waals surface area contributed by atoms with Gasteiger partial charge in [0.05, 0.1) is 11.7 Å². The van der Waals surface area contributed by atoms with E-state index in [9.17, 15) is 0 Å². The van der Waals surface area contributed by atoms with Crippen molar-refractivity contribution in [1.29, 1.82) is 0 Å². The summed E-state index contributed by atoms with van der Waals surface area (Å²) in [5.41, 5.74) is 1.25. The van der Waals surface area contributed by atoms with Gasteiger partial charge in [0.25, 0.3) is 0 Å². The molecule has 0 amide bonds. The Balaban J connectivity index is 1.26.